The first kappa shape index (κ1) is 15.1. The van der Waals surface area contributed by atoms with Gasteiger partial charge in [-0.15, -0.1) is 11.3 Å². The molecule has 2 atom stereocenters. The van der Waals surface area contributed by atoms with Crippen LogP contribution in [0.1, 0.15) is 36.6 Å². The van der Waals surface area contributed by atoms with Gasteiger partial charge >= 0.3 is 0 Å². The summed E-state index contributed by atoms with van der Waals surface area (Å²) in [7, 11) is 0. The first-order valence-corrected chi connectivity index (χ1v) is 8.72. The average molecular weight is 385 g/mol. The molecule has 1 N–H and O–H groups in total. The van der Waals surface area contributed by atoms with Crippen LogP contribution in [0, 0.1) is 0 Å². The number of nitrogens with one attached hydrogen (secondary N) is 1. The highest BCUT2D eigenvalue weighted by Gasteiger charge is 2.16. The van der Waals surface area contributed by atoms with E-state index in [4.69, 9.17) is 16.0 Å². The number of rotatable bonds is 4. The Balaban J connectivity index is 1.78. The Bertz CT molecular complexity index is 767. The van der Waals surface area contributed by atoms with Crippen molar-refractivity contribution in [2.24, 2.45) is 0 Å². The average Bonchev–Trinajstić information content (AvgIpc) is 3.04. The number of hydrogen-bond donors (Lipinski definition) is 1. The minimum Gasteiger partial charge on any atom is -0.459 e. The molecular formula is C16H15BrClNOS. The molecule has 0 aliphatic carbocycles. The molecule has 0 saturated carbocycles. The van der Waals surface area contributed by atoms with Gasteiger partial charge < -0.3 is 9.73 Å². The first-order chi connectivity index (χ1) is 10.0. The summed E-state index contributed by atoms with van der Waals surface area (Å²) in [5, 5.41) is 4.66. The van der Waals surface area contributed by atoms with E-state index in [-0.39, 0.29) is 12.1 Å². The Morgan fingerprint density at radius 1 is 1.14 bits per heavy atom. The lowest BCUT2D eigenvalue weighted by Gasteiger charge is -2.17. The zero-order valence-corrected chi connectivity index (χ0v) is 14.8. The van der Waals surface area contributed by atoms with Gasteiger partial charge in [0, 0.05) is 20.8 Å². The van der Waals surface area contributed by atoms with E-state index in [2.05, 4.69) is 53.3 Å². The molecule has 0 aliphatic heterocycles. The van der Waals surface area contributed by atoms with Crippen molar-refractivity contribution in [3.05, 3.63) is 55.8 Å². The molecule has 2 nitrogen and oxygen atoms in total. The lowest BCUT2D eigenvalue weighted by Crippen LogP contribution is -2.21. The highest BCUT2D eigenvalue weighted by molar-refractivity contribution is 9.10. The van der Waals surface area contributed by atoms with E-state index in [0.717, 1.165) is 25.5 Å². The molecule has 110 valence electrons. The molecule has 2 heterocycles. The number of furan rings is 1. The van der Waals surface area contributed by atoms with Gasteiger partial charge in [0.1, 0.15) is 11.3 Å². The van der Waals surface area contributed by atoms with Gasteiger partial charge in [-0.2, -0.15) is 0 Å². The molecule has 21 heavy (non-hydrogen) atoms. The lowest BCUT2D eigenvalue weighted by molar-refractivity contribution is 0.420. The molecular weight excluding hydrogens is 370 g/mol. The van der Waals surface area contributed by atoms with Crippen LogP contribution >= 0.6 is 38.9 Å². The molecule has 3 rings (SSSR count). The van der Waals surface area contributed by atoms with Crippen LogP contribution in [-0.2, 0) is 0 Å². The molecule has 0 fully saturated rings. The van der Waals surface area contributed by atoms with Crippen molar-refractivity contribution < 1.29 is 4.42 Å². The van der Waals surface area contributed by atoms with Gasteiger partial charge in [0.15, 0.2) is 0 Å². The summed E-state index contributed by atoms with van der Waals surface area (Å²) in [6, 6.07) is 12.5. The molecule has 0 saturated heterocycles. The second-order valence-electron chi connectivity index (χ2n) is 5.08. The highest BCUT2D eigenvalue weighted by atomic mass is 79.9. The fourth-order valence-corrected chi connectivity index (χ4v) is 3.80. The van der Waals surface area contributed by atoms with Crippen LogP contribution in [-0.4, -0.2) is 0 Å². The van der Waals surface area contributed by atoms with Crippen molar-refractivity contribution in [1.29, 1.82) is 0 Å². The van der Waals surface area contributed by atoms with Gasteiger partial charge in [-0.05, 0) is 50.2 Å². The second kappa shape index (κ2) is 6.13. The molecule has 2 aromatic heterocycles. The fraction of sp³-hybridized carbons (Fsp3) is 0.250. The largest absolute Gasteiger partial charge is 0.459 e. The second-order valence-corrected chi connectivity index (χ2v) is 7.75. The van der Waals surface area contributed by atoms with Crippen molar-refractivity contribution in [2.45, 2.75) is 25.9 Å². The van der Waals surface area contributed by atoms with Gasteiger partial charge in [-0.3, -0.25) is 0 Å². The normalized spacial score (nSPS) is 14.5. The Morgan fingerprint density at radius 3 is 2.67 bits per heavy atom. The van der Waals surface area contributed by atoms with Crippen LogP contribution in [0.5, 0.6) is 0 Å². The predicted octanol–water partition coefficient (Wildman–Crippen LogP) is 6.32. The van der Waals surface area contributed by atoms with Crippen LogP contribution in [0.2, 0.25) is 4.34 Å². The number of benzene rings is 1. The van der Waals surface area contributed by atoms with E-state index in [1.807, 2.05) is 18.2 Å². The van der Waals surface area contributed by atoms with E-state index in [1.165, 1.54) is 4.88 Å². The standard InChI is InChI=1S/C16H15BrClNOS/c1-9(19-10(2)15-5-6-16(18)21-15)14-8-11-7-12(17)3-4-13(11)20-14/h3-10,19H,1-2H3. The molecule has 0 aliphatic rings. The van der Waals surface area contributed by atoms with Crippen LogP contribution in [0.4, 0.5) is 0 Å². The van der Waals surface area contributed by atoms with Gasteiger partial charge in [0.05, 0.1) is 10.4 Å². The first-order valence-electron chi connectivity index (χ1n) is 6.73. The third-order valence-electron chi connectivity index (χ3n) is 3.44. The molecule has 0 amide bonds. The Hall–Kier alpha value is -0.810. The smallest absolute Gasteiger partial charge is 0.134 e. The van der Waals surface area contributed by atoms with E-state index in [1.54, 1.807) is 11.3 Å². The van der Waals surface area contributed by atoms with E-state index in [9.17, 15) is 0 Å². The summed E-state index contributed by atoms with van der Waals surface area (Å²) in [5.74, 6) is 0.942. The molecule has 3 aromatic rings. The van der Waals surface area contributed by atoms with Crippen molar-refractivity contribution in [3.8, 4) is 0 Å². The summed E-state index contributed by atoms with van der Waals surface area (Å²) in [4.78, 5) is 1.23. The van der Waals surface area contributed by atoms with Crippen LogP contribution in [0.15, 0.2) is 45.3 Å². The third kappa shape index (κ3) is 3.34. The highest BCUT2D eigenvalue weighted by Crippen LogP contribution is 2.30. The minimum atomic E-state index is 0.132. The van der Waals surface area contributed by atoms with Gasteiger partial charge in [-0.25, -0.2) is 0 Å². The van der Waals surface area contributed by atoms with Crippen molar-refractivity contribution >= 4 is 49.8 Å². The van der Waals surface area contributed by atoms with Crippen molar-refractivity contribution in [2.75, 3.05) is 0 Å². The molecule has 1 aromatic carbocycles. The number of halogens is 2. The van der Waals surface area contributed by atoms with E-state index in [0.29, 0.717) is 0 Å². The van der Waals surface area contributed by atoms with Crippen LogP contribution in [0.25, 0.3) is 11.0 Å². The summed E-state index contributed by atoms with van der Waals surface area (Å²) in [6.45, 7) is 4.25. The lowest BCUT2D eigenvalue weighted by atomic mass is 10.2. The maximum absolute atomic E-state index is 5.99. The quantitative estimate of drug-likeness (QED) is 0.569. The molecule has 2 unspecified atom stereocenters. The number of fused-ring (bicyclic) bond motifs is 1. The maximum atomic E-state index is 5.99. The van der Waals surface area contributed by atoms with Crippen LogP contribution in [0.3, 0.4) is 0 Å². The van der Waals surface area contributed by atoms with Crippen LogP contribution < -0.4 is 5.32 Å². The third-order valence-corrected chi connectivity index (χ3v) is 5.35. The predicted molar refractivity (Wildman–Crippen MR) is 93.2 cm³/mol. The Kier molecular flexibility index (Phi) is 4.41. The van der Waals surface area contributed by atoms with Gasteiger partial charge in [0.25, 0.3) is 0 Å². The van der Waals surface area contributed by atoms with Gasteiger partial charge in [0.2, 0.25) is 0 Å². The molecule has 0 radical (unpaired) electrons. The van der Waals surface area contributed by atoms with Crippen molar-refractivity contribution in [3.63, 3.8) is 0 Å². The SMILES string of the molecule is CC(NC(C)c1ccc(Cl)s1)c1cc2cc(Br)ccc2o1. The zero-order chi connectivity index (χ0) is 15.0. The maximum Gasteiger partial charge on any atom is 0.134 e. The topological polar surface area (TPSA) is 25.2 Å². The Morgan fingerprint density at radius 2 is 1.95 bits per heavy atom. The molecule has 0 bridgehead atoms. The number of hydrogen-bond acceptors (Lipinski definition) is 3. The van der Waals surface area contributed by atoms with Crippen molar-refractivity contribution in [1.82, 2.24) is 5.32 Å². The zero-order valence-electron chi connectivity index (χ0n) is 11.7. The van der Waals surface area contributed by atoms with Gasteiger partial charge in [-0.1, -0.05) is 27.5 Å². The monoisotopic (exact) mass is 383 g/mol. The number of thiophene rings is 1. The summed E-state index contributed by atoms with van der Waals surface area (Å²) in [5.41, 5.74) is 0.911. The minimum absolute atomic E-state index is 0.132. The summed E-state index contributed by atoms with van der Waals surface area (Å²) < 4.78 is 7.80. The molecule has 5 heteroatoms. The van der Waals surface area contributed by atoms with E-state index < -0.39 is 0 Å². The molecule has 0 spiro atoms. The fourth-order valence-electron chi connectivity index (χ4n) is 2.35. The summed E-state index contributed by atoms with van der Waals surface area (Å²) in [6.07, 6.45) is 0. The Labute approximate surface area is 141 Å². The van der Waals surface area contributed by atoms with E-state index >= 15 is 0 Å². The summed E-state index contributed by atoms with van der Waals surface area (Å²) >= 11 is 11.1.